The molecule has 29 heavy (non-hydrogen) atoms. The average Bonchev–Trinajstić information content (AvgIpc) is 3.39. The van der Waals surface area contributed by atoms with E-state index in [0.717, 1.165) is 9.35 Å². The van der Waals surface area contributed by atoms with Crippen molar-refractivity contribution in [2.24, 2.45) is 14.1 Å². The Balaban J connectivity index is 1.68. The molecule has 0 unspecified atom stereocenters. The highest BCUT2D eigenvalue weighted by Gasteiger charge is 2.20. The predicted octanol–water partition coefficient (Wildman–Crippen LogP) is 3.18. The summed E-state index contributed by atoms with van der Waals surface area (Å²) in [5, 5.41) is 7.00. The topological polar surface area (TPSA) is 93.8 Å². The van der Waals surface area contributed by atoms with Gasteiger partial charge in [0.2, 0.25) is 0 Å². The summed E-state index contributed by atoms with van der Waals surface area (Å²) in [6.45, 7) is 1.83. The number of aryl methyl sites for hydroxylation is 3. The first kappa shape index (κ1) is 19.3. The van der Waals surface area contributed by atoms with Crippen LogP contribution in [0.2, 0.25) is 0 Å². The fourth-order valence-electron chi connectivity index (χ4n) is 3.17. The van der Waals surface area contributed by atoms with Gasteiger partial charge in [-0.1, -0.05) is 6.07 Å². The molecule has 4 aromatic rings. The lowest BCUT2D eigenvalue weighted by Gasteiger charge is -2.10. The maximum absolute atomic E-state index is 13.0. The molecule has 10 heteroatoms. The highest BCUT2D eigenvalue weighted by molar-refractivity contribution is 9.10. The van der Waals surface area contributed by atoms with E-state index in [1.54, 1.807) is 41.7 Å². The van der Waals surface area contributed by atoms with E-state index in [0.29, 0.717) is 33.7 Å². The van der Waals surface area contributed by atoms with Crippen molar-refractivity contribution in [1.29, 1.82) is 0 Å². The van der Waals surface area contributed by atoms with E-state index in [1.165, 1.54) is 11.3 Å². The van der Waals surface area contributed by atoms with E-state index in [1.807, 2.05) is 24.4 Å². The number of carbonyl (C=O) groups is 2. The maximum Gasteiger partial charge on any atom is 0.286 e. The van der Waals surface area contributed by atoms with Crippen LogP contribution in [0, 0.1) is 6.92 Å². The van der Waals surface area contributed by atoms with E-state index < -0.39 is 11.8 Å². The number of amides is 2. The number of rotatable bonds is 3. The Labute approximate surface area is 178 Å². The maximum atomic E-state index is 13.0. The van der Waals surface area contributed by atoms with Gasteiger partial charge in [-0.25, -0.2) is 4.98 Å². The summed E-state index contributed by atoms with van der Waals surface area (Å²) in [5.74, 6) is -0.855. The molecule has 4 aromatic heterocycles. The zero-order chi connectivity index (χ0) is 20.7. The van der Waals surface area contributed by atoms with Crippen molar-refractivity contribution in [3.8, 4) is 10.6 Å². The quantitative estimate of drug-likeness (QED) is 0.447. The number of hydrogen-bond acceptors (Lipinski definition) is 5. The van der Waals surface area contributed by atoms with Crippen LogP contribution in [0.15, 0.2) is 40.3 Å². The Hall–Kier alpha value is -2.98. The van der Waals surface area contributed by atoms with Crippen molar-refractivity contribution in [3.05, 3.63) is 57.3 Å². The first-order chi connectivity index (χ1) is 13.8. The lowest BCUT2D eigenvalue weighted by Crippen LogP contribution is -2.42. The molecule has 0 aliphatic heterocycles. The third-order valence-corrected chi connectivity index (χ3v) is 5.81. The average molecular weight is 473 g/mol. The molecular formula is C19H17BrN6O2S. The number of nitrogens with one attached hydrogen (secondary N) is 2. The van der Waals surface area contributed by atoms with Crippen molar-refractivity contribution < 1.29 is 9.59 Å². The molecule has 8 nitrogen and oxygen atoms in total. The normalized spacial score (nSPS) is 11.0. The summed E-state index contributed by atoms with van der Waals surface area (Å²) in [4.78, 5) is 31.0. The van der Waals surface area contributed by atoms with E-state index in [4.69, 9.17) is 0 Å². The molecule has 0 radical (unpaired) electrons. The number of carbonyl (C=O) groups excluding carboxylic acids is 2. The highest BCUT2D eigenvalue weighted by atomic mass is 79.9. The molecule has 2 amide bonds. The summed E-state index contributed by atoms with van der Waals surface area (Å²) in [6, 6.07) is 7.27. The Morgan fingerprint density at radius 2 is 1.93 bits per heavy atom. The second-order valence-electron chi connectivity index (χ2n) is 6.50. The Kier molecular flexibility index (Phi) is 4.97. The summed E-state index contributed by atoms with van der Waals surface area (Å²) in [6.07, 6.45) is 1.76. The molecule has 4 rings (SSSR count). The molecule has 0 aliphatic carbocycles. The zero-order valence-electron chi connectivity index (χ0n) is 15.9. The van der Waals surface area contributed by atoms with Crippen LogP contribution in [0.1, 0.15) is 26.5 Å². The number of aromatic nitrogens is 4. The van der Waals surface area contributed by atoms with Gasteiger partial charge < -0.3 is 4.57 Å². The Morgan fingerprint density at radius 3 is 2.59 bits per heavy atom. The Morgan fingerprint density at radius 1 is 1.17 bits per heavy atom. The first-order valence-corrected chi connectivity index (χ1v) is 10.3. The van der Waals surface area contributed by atoms with Gasteiger partial charge >= 0.3 is 0 Å². The number of hydrogen-bond donors (Lipinski definition) is 2. The molecule has 0 aliphatic rings. The van der Waals surface area contributed by atoms with Gasteiger partial charge in [0.05, 0.1) is 27.2 Å². The summed E-state index contributed by atoms with van der Waals surface area (Å²) < 4.78 is 4.09. The molecule has 2 N–H and O–H groups in total. The van der Waals surface area contributed by atoms with Crippen molar-refractivity contribution in [2.45, 2.75) is 6.92 Å². The number of halogens is 1. The number of pyridine rings is 1. The summed E-state index contributed by atoms with van der Waals surface area (Å²) in [5.41, 5.74) is 7.77. The zero-order valence-corrected chi connectivity index (χ0v) is 18.3. The molecule has 0 bridgehead atoms. The minimum atomic E-state index is -0.437. The standard InChI is InChI=1S/C19H17BrN6O2S/c1-10-16-12(18(27)22-23-19(28)14-7-11(20)9-25(14)2)8-13(15-5-4-6-29-15)21-17(16)26(3)24-10/h4-9H,1-3H3,(H,22,27)(H,23,28). The molecule has 0 saturated carbocycles. The third-order valence-electron chi connectivity index (χ3n) is 4.48. The van der Waals surface area contributed by atoms with Crippen molar-refractivity contribution in [2.75, 3.05) is 0 Å². The second-order valence-corrected chi connectivity index (χ2v) is 8.37. The van der Waals surface area contributed by atoms with Gasteiger partial charge in [-0.15, -0.1) is 11.3 Å². The van der Waals surface area contributed by atoms with Crippen LogP contribution < -0.4 is 10.9 Å². The van der Waals surface area contributed by atoms with Gasteiger partial charge in [0, 0.05) is 24.8 Å². The lowest BCUT2D eigenvalue weighted by molar-refractivity contribution is 0.0843. The molecule has 0 spiro atoms. The first-order valence-electron chi connectivity index (χ1n) is 8.66. The molecular weight excluding hydrogens is 456 g/mol. The third kappa shape index (κ3) is 3.56. The smallest absolute Gasteiger partial charge is 0.286 e. The highest BCUT2D eigenvalue weighted by Crippen LogP contribution is 2.29. The number of hydrazine groups is 1. The van der Waals surface area contributed by atoms with E-state index in [2.05, 4.69) is 36.9 Å². The van der Waals surface area contributed by atoms with Crippen LogP contribution in [0.5, 0.6) is 0 Å². The van der Waals surface area contributed by atoms with Gasteiger partial charge in [-0.3, -0.25) is 25.1 Å². The Bertz CT molecular complexity index is 1240. The molecule has 0 atom stereocenters. The fraction of sp³-hybridized carbons (Fsp3) is 0.158. The van der Waals surface area contributed by atoms with Gasteiger partial charge in [-0.2, -0.15) is 5.10 Å². The van der Waals surface area contributed by atoms with Crippen LogP contribution in [-0.4, -0.2) is 31.1 Å². The number of fused-ring (bicyclic) bond motifs is 1. The summed E-state index contributed by atoms with van der Waals surface area (Å²) >= 11 is 4.87. The minimum Gasteiger partial charge on any atom is -0.345 e. The van der Waals surface area contributed by atoms with E-state index in [-0.39, 0.29) is 0 Å². The van der Waals surface area contributed by atoms with Crippen molar-refractivity contribution in [3.63, 3.8) is 0 Å². The predicted molar refractivity (Wildman–Crippen MR) is 115 cm³/mol. The van der Waals surface area contributed by atoms with Crippen molar-refractivity contribution >= 4 is 50.1 Å². The van der Waals surface area contributed by atoms with Gasteiger partial charge in [-0.05, 0) is 46.4 Å². The lowest BCUT2D eigenvalue weighted by atomic mass is 10.1. The number of nitrogens with zero attached hydrogens (tertiary/aromatic N) is 4. The van der Waals surface area contributed by atoms with Crippen LogP contribution in [-0.2, 0) is 14.1 Å². The second kappa shape index (κ2) is 7.45. The SMILES string of the molecule is Cc1nn(C)c2nc(-c3cccs3)cc(C(=O)NNC(=O)c3cc(Br)cn3C)c12. The minimum absolute atomic E-state index is 0.400. The molecule has 0 saturated heterocycles. The number of thiophene rings is 1. The van der Waals surface area contributed by atoms with Crippen LogP contribution in [0.3, 0.4) is 0 Å². The summed E-state index contributed by atoms with van der Waals surface area (Å²) in [7, 11) is 3.54. The van der Waals surface area contributed by atoms with E-state index in [9.17, 15) is 9.59 Å². The monoisotopic (exact) mass is 472 g/mol. The molecule has 148 valence electrons. The largest absolute Gasteiger partial charge is 0.345 e. The molecule has 0 aromatic carbocycles. The van der Waals surface area contributed by atoms with Crippen LogP contribution in [0.4, 0.5) is 0 Å². The fourth-order valence-corrected chi connectivity index (χ4v) is 4.38. The van der Waals surface area contributed by atoms with Crippen LogP contribution >= 0.6 is 27.3 Å². The van der Waals surface area contributed by atoms with E-state index >= 15 is 0 Å². The molecule has 4 heterocycles. The molecule has 0 fully saturated rings. The van der Waals surface area contributed by atoms with Gasteiger partial charge in [0.25, 0.3) is 11.8 Å². The van der Waals surface area contributed by atoms with Crippen molar-refractivity contribution in [1.82, 2.24) is 30.2 Å². The van der Waals surface area contributed by atoms with Gasteiger partial charge in [0.1, 0.15) is 5.69 Å². The van der Waals surface area contributed by atoms with Crippen LogP contribution in [0.25, 0.3) is 21.6 Å². The van der Waals surface area contributed by atoms with Gasteiger partial charge in [0.15, 0.2) is 5.65 Å².